The van der Waals surface area contributed by atoms with Crippen molar-refractivity contribution in [1.82, 2.24) is 5.32 Å². The maximum absolute atomic E-state index is 12.0. The van der Waals surface area contributed by atoms with E-state index in [-0.39, 0.29) is 48.6 Å². The summed E-state index contributed by atoms with van der Waals surface area (Å²) in [6.45, 7) is 5.63. The number of nitrogens with one attached hydrogen (secondary N) is 1. The largest absolute Gasteiger partial charge is 0.484 e. The van der Waals surface area contributed by atoms with Crippen LogP contribution in [0.25, 0.3) is 0 Å². The molecule has 0 unspecified atom stereocenters. The number of esters is 2. The molecule has 144 valence electrons. The van der Waals surface area contributed by atoms with Gasteiger partial charge in [0, 0.05) is 13.2 Å². The van der Waals surface area contributed by atoms with Crippen molar-refractivity contribution in [3.05, 3.63) is 29.3 Å². The third-order valence-electron chi connectivity index (χ3n) is 3.12. The number of benzene rings is 1. The Bertz CT molecular complexity index is 594. The Balaban J connectivity index is 2.89. The van der Waals surface area contributed by atoms with E-state index in [2.05, 4.69) is 5.32 Å². The molecule has 0 aliphatic carbocycles. The van der Waals surface area contributed by atoms with Crippen molar-refractivity contribution in [3.8, 4) is 5.75 Å². The summed E-state index contributed by atoms with van der Waals surface area (Å²) in [5, 5.41) is 2.69. The molecule has 1 atom stereocenters. The van der Waals surface area contributed by atoms with E-state index >= 15 is 0 Å². The van der Waals surface area contributed by atoms with Crippen molar-refractivity contribution in [2.75, 3.05) is 33.5 Å². The van der Waals surface area contributed by atoms with Crippen LogP contribution in [0, 0.1) is 0 Å². The Hall–Kier alpha value is -2.61. The first kappa shape index (κ1) is 21.4. The zero-order chi connectivity index (χ0) is 19.5. The van der Waals surface area contributed by atoms with E-state index in [9.17, 15) is 14.4 Å². The Morgan fingerprint density at radius 3 is 2.00 bits per heavy atom. The molecule has 1 rings (SSSR count). The minimum atomic E-state index is -0.596. The van der Waals surface area contributed by atoms with Gasteiger partial charge in [-0.3, -0.25) is 4.79 Å². The van der Waals surface area contributed by atoms with Gasteiger partial charge >= 0.3 is 11.9 Å². The van der Waals surface area contributed by atoms with E-state index in [4.69, 9.17) is 18.9 Å². The van der Waals surface area contributed by atoms with Crippen LogP contribution in [-0.2, 0) is 19.0 Å². The fourth-order valence-electron chi connectivity index (χ4n) is 2.10. The van der Waals surface area contributed by atoms with Gasteiger partial charge in [-0.25, -0.2) is 9.59 Å². The van der Waals surface area contributed by atoms with Gasteiger partial charge in [0.25, 0.3) is 5.91 Å². The molecule has 1 N–H and O–H groups in total. The van der Waals surface area contributed by atoms with Gasteiger partial charge < -0.3 is 24.3 Å². The molecule has 0 bridgehead atoms. The van der Waals surface area contributed by atoms with Crippen molar-refractivity contribution >= 4 is 17.8 Å². The van der Waals surface area contributed by atoms with Crippen LogP contribution in [-0.4, -0.2) is 57.4 Å². The van der Waals surface area contributed by atoms with Crippen LogP contribution < -0.4 is 10.1 Å². The standard InChI is InChI=1S/C18H25NO7/c1-5-24-17(21)13-7-14(18(22)25-6-2)9-15(8-13)26-11-16(20)19-12(3)10-23-4/h7-9,12H,5-6,10-11H2,1-4H3,(H,19,20)/t12-/m0/s1. The summed E-state index contributed by atoms with van der Waals surface area (Å²) in [6.07, 6.45) is 0. The highest BCUT2D eigenvalue weighted by atomic mass is 16.5. The summed E-state index contributed by atoms with van der Waals surface area (Å²) in [4.78, 5) is 35.8. The summed E-state index contributed by atoms with van der Waals surface area (Å²) in [6, 6.07) is 4.01. The van der Waals surface area contributed by atoms with Crippen molar-refractivity contribution in [3.63, 3.8) is 0 Å². The van der Waals surface area contributed by atoms with Crippen LogP contribution in [0.2, 0.25) is 0 Å². The Morgan fingerprint density at radius 1 is 1.00 bits per heavy atom. The van der Waals surface area contributed by atoms with E-state index in [0.717, 1.165) is 0 Å². The second kappa shape index (κ2) is 11.1. The lowest BCUT2D eigenvalue weighted by atomic mass is 10.1. The summed E-state index contributed by atoms with van der Waals surface area (Å²) < 4.78 is 20.2. The van der Waals surface area contributed by atoms with Gasteiger partial charge in [-0.15, -0.1) is 0 Å². The summed E-state index contributed by atoms with van der Waals surface area (Å²) in [5.41, 5.74) is 0.279. The number of rotatable bonds is 10. The van der Waals surface area contributed by atoms with Gasteiger partial charge in [0.1, 0.15) is 5.75 Å². The zero-order valence-electron chi connectivity index (χ0n) is 15.5. The minimum absolute atomic E-state index is 0.139. The maximum Gasteiger partial charge on any atom is 0.338 e. The lowest BCUT2D eigenvalue weighted by Gasteiger charge is -2.14. The molecule has 0 radical (unpaired) electrons. The zero-order valence-corrected chi connectivity index (χ0v) is 15.5. The normalized spacial score (nSPS) is 11.4. The van der Waals surface area contributed by atoms with Gasteiger partial charge in [0.05, 0.1) is 30.9 Å². The monoisotopic (exact) mass is 367 g/mol. The molecule has 0 aromatic heterocycles. The number of hydrogen-bond acceptors (Lipinski definition) is 7. The third kappa shape index (κ3) is 7.10. The third-order valence-corrected chi connectivity index (χ3v) is 3.12. The molecule has 0 aliphatic heterocycles. The van der Waals surface area contributed by atoms with Crippen LogP contribution >= 0.6 is 0 Å². The minimum Gasteiger partial charge on any atom is -0.484 e. The first-order valence-corrected chi connectivity index (χ1v) is 8.31. The van der Waals surface area contributed by atoms with Crippen molar-refractivity contribution in [2.24, 2.45) is 0 Å². The van der Waals surface area contributed by atoms with Gasteiger partial charge in [0.2, 0.25) is 0 Å². The van der Waals surface area contributed by atoms with E-state index in [0.29, 0.717) is 6.61 Å². The topological polar surface area (TPSA) is 100 Å². The molecule has 26 heavy (non-hydrogen) atoms. The Kier molecular flexibility index (Phi) is 9.14. The summed E-state index contributed by atoms with van der Waals surface area (Å²) in [7, 11) is 1.54. The van der Waals surface area contributed by atoms with Crippen LogP contribution in [0.15, 0.2) is 18.2 Å². The maximum atomic E-state index is 12.0. The number of amides is 1. The van der Waals surface area contributed by atoms with Gasteiger partial charge in [0.15, 0.2) is 6.61 Å². The molecule has 1 amide bonds. The molecule has 0 saturated carbocycles. The SMILES string of the molecule is CCOC(=O)c1cc(OCC(=O)N[C@@H](C)COC)cc(C(=O)OCC)c1. The average Bonchev–Trinajstić information content (AvgIpc) is 2.60. The van der Waals surface area contributed by atoms with Crippen LogP contribution in [0.4, 0.5) is 0 Å². The molecular formula is C18H25NO7. The average molecular weight is 367 g/mol. The second-order valence-electron chi connectivity index (χ2n) is 5.40. The number of hydrogen-bond donors (Lipinski definition) is 1. The van der Waals surface area contributed by atoms with Crippen LogP contribution in [0.1, 0.15) is 41.5 Å². The van der Waals surface area contributed by atoms with Crippen LogP contribution in [0.5, 0.6) is 5.75 Å². The van der Waals surface area contributed by atoms with Crippen molar-refractivity contribution in [1.29, 1.82) is 0 Å². The first-order valence-electron chi connectivity index (χ1n) is 8.31. The van der Waals surface area contributed by atoms with Gasteiger partial charge in [-0.2, -0.15) is 0 Å². The lowest BCUT2D eigenvalue weighted by molar-refractivity contribution is -0.124. The highest BCUT2D eigenvalue weighted by Crippen LogP contribution is 2.19. The molecule has 1 aromatic rings. The second-order valence-corrected chi connectivity index (χ2v) is 5.40. The smallest absolute Gasteiger partial charge is 0.338 e. The molecule has 1 aromatic carbocycles. The summed E-state index contributed by atoms with van der Waals surface area (Å²) in [5.74, 6) is -1.36. The highest BCUT2D eigenvalue weighted by molar-refractivity contribution is 5.96. The number of carbonyl (C=O) groups is 3. The van der Waals surface area contributed by atoms with E-state index in [1.54, 1.807) is 20.8 Å². The predicted molar refractivity (Wildman–Crippen MR) is 93.3 cm³/mol. The summed E-state index contributed by atoms with van der Waals surface area (Å²) >= 11 is 0. The molecule has 8 nitrogen and oxygen atoms in total. The Morgan fingerprint density at radius 2 is 1.54 bits per heavy atom. The van der Waals surface area contributed by atoms with Gasteiger partial charge in [-0.1, -0.05) is 0 Å². The van der Waals surface area contributed by atoms with Crippen molar-refractivity contribution in [2.45, 2.75) is 26.8 Å². The number of ether oxygens (including phenoxy) is 4. The predicted octanol–water partition coefficient (Wildman–Crippen LogP) is 1.57. The fraction of sp³-hybridized carbons (Fsp3) is 0.500. The molecular weight excluding hydrogens is 342 g/mol. The van der Waals surface area contributed by atoms with Gasteiger partial charge in [-0.05, 0) is 39.0 Å². The molecule has 0 saturated heterocycles. The quantitative estimate of drug-likeness (QED) is 0.627. The number of carbonyl (C=O) groups excluding carboxylic acids is 3. The van der Waals surface area contributed by atoms with E-state index in [1.165, 1.54) is 25.3 Å². The molecule has 8 heteroatoms. The number of methoxy groups -OCH3 is 1. The van der Waals surface area contributed by atoms with Crippen LogP contribution in [0.3, 0.4) is 0 Å². The van der Waals surface area contributed by atoms with E-state index in [1.807, 2.05) is 0 Å². The Labute approximate surface area is 152 Å². The molecule has 0 fully saturated rings. The highest BCUT2D eigenvalue weighted by Gasteiger charge is 2.16. The molecule has 0 aliphatic rings. The van der Waals surface area contributed by atoms with Crippen molar-refractivity contribution < 1.29 is 33.3 Å². The molecule has 0 spiro atoms. The van der Waals surface area contributed by atoms with E-state index < -0.39 is 11.9 Å². The lowest BCUT2D eigenvalue weighted by Crippen LogP contribution is -2.38. The fourth-order valence-corrected chi connectivity index (χ4v) is 2.10. The molecule has 0 heterocycles. The first-order chi connectivity index (χ1) is 12.4.